The van der Waals surface area contributed by atoms with Gasteiger partial charge in [-0.15, -0.1) is 0 Å². The summed E-state index contributed by atoms with van der Waals surface area (Å²) in [4.78, 5) is 0. The molecule has 0 radical (unpaired) electrons. The minimum atomic E-state index is -0.236. The van der Waals surface area contributed by atoms with Gasteiger partial charge in [-0.05, 0) is 12.8 Å². The summed E-state index contributed by atoms with van der Waals surface area (Å²) in [5.41, 5.74) is 5.75. The van der Waals surface area contributed by atoms with Gasteiger partial charge in [0.05, 0.1) is 6.61 Å². The summed E-state index contributed by atoms with van der Waals surface area (Å²) in [7, 11) is 0. The molecule has 17 heavy (non-hydrogen) atoms. The van der Waals surface area contributed by atoms with E-state index in [0.717, 1.165) is 19.4 Å². The lowest BCUT2D eigenvalue weighted by Gasteiger charge is -2.38. The summed E-state index contributed by atoms with van der Waals surface area (Å²) in [6.45, 7) is 3.14. The molecular weight excluding hydrogens is 210 g/mol. The van der Waals surface area contributed by atoms with Crippen LogP contribution in [0.3, 0.4) is 0 Å². The van der Waals surface area contributed by atoms with Crippen LogP contribution in [0.1, 0.15) is 84.0 Å². The van der Waals surface area contributed by atoms with E-state index in [-0.39, 0.29) is 5.72 Å². The molecule has 102 valence electrons. The van der Waals surface area contributed by atoms with Gasteiger partial charge in [0.2, 0.25) is 0 Å². The highest BCUT2D eigenvalue weighted by molar-refractivity contribution is 4.80. The molecule has 1 rings (SSSR count). The van der Waals surface area contributed by atoms with Crippen LogP contribution in [0.4, 0.5) is 0 Å². The summed E-state index contributed by atoms with van der Waals surface area (Å²) < 4.78 is 5.38. The molecule has 2 N–H and O–H groups in total. The number of ether oxygens (including phenoxy) is 1. The van der Waals surface area contributed by atoms with Crippen LogP contribution >= 0.6 is 0 Å². The van der Waals surface area contributed by atoms with Crippen molar-refractivity contribution in [2.45, 2.75) is 89.7 Å². The van der Waals surface area contributed by atoms with Crippen LogP contribution in [-0.2, 0) is 4.74 Å². The molecule has 0 amide bonds. The van der Waals surface area contributed by atoms with Crippen LogP contribution in [0.2, 0.25) is 0 Å². The van der Waals surface area contributed by atoms with E-state index in [2.05, 4.69) is 6.92 Å². The molecule has 0 bridgehead atoms. The Kier molecular flexibility index (Phi) is 7.87. The molecule has 1 aliphatic heterocycles. The van der Waals surface area contributed by atoms with Gasteiger partial charge < -0.3 is 10.5 Å². The Hall–Kier alpha value is -0.0800. The lowest BCUT2D eigenvalue weighted by Crippen LogP contribution is -2.51. The molecule has 0 aromatic heterocycles. The highest BCUT2D eigenvalue weighted by Gasteiger charge is 2.32. The maximum atomic E-state index is 5.99. The summed E-state index contributed by atoms with van der Waals surface area (Å²) in [5.74, 6) is 0. The van der Waals surface area contributed by atoms with Gasteiger partial charge in [-0.1, -0.05) is 64.7 Å². The van der Waals surface area contributed by atoms with Crippen LogP contribution in [0.15, 0.2) is 0 Å². The average Bonchev–Trinajstić information content (AvgIpc) is 2.29. The minimum absolute atomic E-state index is 0.236. The second-order valence-corrected chi connectivity index (χ2v) is 5.60. The van der Waals surface area contributed by atoms with E-state index in [1.165, 1.54) is 64.2 Å². The zero-order valence-corrected chi connectivity index (χ0v) is 11.7. The van der Waals surface area contributed by atoms with Crippen LogP contribution in [0.5, 0.6) is 0 Å². The number of hydrogen-bond acceptors (Lipinski definition) is 2. The van der Waals surface area contributed by atoms with Gasteiger partial charge in [0.1, 0.15) is 5.72 Å². The Bertz CT molecular complexity index is 178. The van der Waals surface area contributed by atoms with E-state index in [1.807, 2.05) is 0 Å². The van der Waals surface area contributed by atoms with E-state index in [0.29, 0.717) is 0 Å². The van der Waals surface area contributed by atoms with Crippen molar-refractivity contribution in [3.8, 4) is 0 Å². The van der Waals surface area contributed by atoms with Crippen molar-refractivity contribution in [3.63, 3.8) is 0 Å². The Morgan fingerprint density at radius 1 is 0.882 bits per heavy atom. The largest absolute Gasteiger partial charge is 0.361 e. The lowest BCUT2D eigenvalue weighted by atomic mass is 9.97. The standard InChI is InChI=1S/C15H31NO/c1-2-3-4-5-6-7-8-9-10-11-12-15(16)13-14-17-15/h2-14,16H2,1H3. The molecule has 1 atom stereocenters. The van der Waals surface area contributed by atoms with E-state index >= 15 is 0 Å². The first-order valence-corrected chi connectivity index (χ1v) is 7.70. The molecule has 1 saturated heterocycles. The van der Waals surface area contributed by atoms with E-state index < -0.39 is 0 Å². The molecule has 0 aromatic carbocycles. The summed E-state index contributed by atoms with van der Waals surface area (Å²) in [5, 5.41) is 0. The van der Waals surface area contributed by atoms with Crippen molar-refractivity contribution < 1.29 is 4.74 Å². The SMILES string of the molecule is CCCCCCCCCCCCC1(N)CCO1. The molecular formula is C15H31NO. The van der Waals surface area contributed by atoms with Crippen molar-refractivity contribution in [1.29, 1.82) is 0 Å². The predicted octanol–water partition coefficient (Wildman–Crippen LogP) is 4.37. The Morgan fingerprint density at radius 3 is 1.76 bits per heavy atom. The molecule has 0 saturated carbocycles. The van der Waals surface area contributed by atoms with Crippen LogP contribution in [-0.4, -0.2) is 12.3 Å². The Morgan fingerprint density at radius 2 is 1.35 bits per heavy atom. The van der Waals surface area contributed by atoms with Crippen LogP contribution < -0.4 is 5.73 Å². The van der Waals surface area contributed by atoms with E-state index in [1.54, 1.807) is 0 Å². The van der Waals surface area contributed by atoms with E-state index in [4.69, 9.17) is 10.5 Å². The smallest absolute Gasteiger partial charge is 0.118 e. The highest BCUT2D eigenvalue weighted by atomic mass is 16.5. The molecule has 1 heterocycles. The zero-order chi connectivity index (χ0) is 12.4. The first kappa shape index (κ1) is 15.0. The summed E-state index contributed by atoms with van der Waals surface area (Å²) in [6, 6.07) is 0. The normalized spacial score (nSPS) is 23.6. The van der Waals surface area contributed by atoms with Gasteiger partial charge >= 0.3 is 0 Å². The monoisotopic (exact) mass is 241 g/mol. The number of hydrogen-bond donors (Lipinski definition) is 1. The third-order valence-electron chi connectivity index (χ3n) is 3.87. The average molecular weight is 241 g/mol. The van der Waals surface area contributed by atoms with Crippen molar-refractivity contribution >= 4 is 0 Å². The quantitative estimate of drug-likeness (QED) is 0.545. The fraction of sp³-hybridized carbons (Fsp3) is 1.00. The zero-order valence-electron chi connectivity index (χ0n) is 11.7. The topological polar surface area (TPSA) is 35.2 Å². The maximum Gasteiger partial charge on any atom is 0.118 e. The number of nitrogens with two attached hydrogens (primary N) is 1. The highest BCUT2D eigenvalue weighted by Crippen LogP contribution is 2.26. The third kappa shape index (κ3) is 7.05. The summed E-state index contributed by atoms with van der Waals surface area (Å²) >= 11 is 0. The molecule has 1 aliphatic rings. The second kappa shape index (κ2) is 8.93. The van der Waals surface area contributed by atoms with Crippen molar-refractivity contribution in [3.05, 3.63) is 0 Å². The van der Waals surface area contributed by atoms with Crippen molar-refractivity contribution in [2.75, 3.05) is 6.61 Å². The molecule has 2 heteroatoms. The minimum Gasteiger partial charge on any atom is -0.361 e. The van der Waals surface area contributed by atoms with Crippen molar-refractivity contribution in [1.82, 2.24) is 0 Å². The van der Waals surface area contributed by atoms with Crippen LogP contribution in [0, 0.1) is 0 Å². The third-order valence-corrected chi connectivity index (χ3v) is 3.87. The molecule has 1 fully saturated rings. The van der Waals surface area contributed by atoms with Crippen molar-refractivity contribution in [2.24, 2.45) is 5.73 Å². The first-order chi connectivity index (χ1) is 8.27. The van der Waals surface area contributed by atoms with Gasteiger partial charge in [-0.25, -0.2) is 0 Å². The lowest BCUT2D eigenvalue weighted by molar-refractivity contribution is -0.148. The maximum absolute atomic E-state index is 5.99. The van der Waals surface area contributed by atoms with Gasteiger partial charge in [0.15, 0.2) is 0 Å². The molecule has 1 unspecified atom stereocenters. The fourth-order valence-electron chi connectivity index (χ4n) is 2.47. The Balaban J connectivity index is 1.72. The molecule has 2 nitrogen and oxygen atoms in total. The van der Waals surface area contributed by atoms with Gasteiger partial charge in [-0.3, -0.25) is 0 Å². The molecule has 0 spiro atoms. The van der Waals surface area contributed by atoms with E-state index in [9.17, 15) is 0 Å². The fourth-order valence-corrected chi connectivity index (χ4v) is 2.47. The summed E-state index contributed by atoms with van der Waals surface area (Å²) in [6.07, 6.45) is 16.0. The van der Waals surface area contributed by atoms with Gasteiger partial charge in [0, 0.05) is 6.42 Å². The van der Waals surface area contributed by atoms with Gasteiger partial charge in [0.25, 0.3) is 0 Å². The second-order valence-electron chi connectivity index (χ2n) is 5.60. The van der Waals surface area contributed by atoms with Crippen LogP contribution in [0.25, 0.3) is 0 Å². The number of rotatable bonds is 11. The van der Waals surface area contributed by atoms with Gasteiger partial charge in [-0.2, -0.15) is 0 Å². The number of unbranched alkanes of at least 4 members (excludes halogenated alkanes) is 9. The first-order valence-electron chi connectivity index (χ1n) is 7.70. The molecule has 0 aromatic rings. The Labute approximate surface area is 107 Å². The predicted molar refractivity (Wildman–Crippen MR) is 73.9 cm³/mol. The molecule has 0 aliphatic carbocycles.